The molecule has 4 nitrogen and oxygen atoms in total. The number of aryl methyl sites for hydroxylation is 1. The van der Waals surface area contributed by atoms with Gasteiger partial charge in [0.05, 0.1) is 15.7 Å². The Morgan fingerprint density at radius 2 is 1.92 bits per heavy atom. The summed E-state index contributed by atoms with van der Waals surface area (Å²) in [6, 6.07) is 13.3. The Kier molecular flexibility index (Phi) is 4.89. The lowest BCUT2D eigenvalue weighted by molar-refractivity contribution is 0.0687. The monoisotopic (exact) mass is 366 g/mol. The van der Waals surface area contributed by atoms with Gasteiger partial charge in [-0.1, -0.05) is 12.1 Å². The lowest BCUT2D eigenvalue weighted by Crippen LogP contribution is -2.38. The molecule has 1 fully saturated rings. The second-order valence-electron chi connectivity index (χ2n) is 6.98. The summed E-state index contributed by atoms with van der Waals surface area (Å²) in [6.07, 6.45) is 4.29. The minimum Gasteiger partial charge on any atom is -0.508 e. The van der Waals surface area contributed by atoms with Gasteiger partial charge in [-0.2, -0.15) is 0 Å². The van der Waals surface area contributed by atoms with Crippen molar-refractivity contribution in [2.75, 3.05) is 13.1 Å². The van der Waals surface area contributed by atoms with Crippen molar-refractivity contribution in [2.45, 2.75) is 25.7 Å². The third-order valence-electron chi connectivity index (χ3n) is 5.26. The summed E-state index contributed by atoms with van der Waals surface area (Å²) < 4.78 is 1.07. The fourth-order valence-electron chi connectivity index (χ4n) is 3.63. The molecule has 1 aliphatic rings. The Labute approximate surface area is 157 Å². The molecule has 0 bridgehead atoms. The zero-order valence-corrected chi connectivity index (χ0v) is 15.4. The van der Waals surface area contributed by atoms with Crippen LogP contribution in [0.2, 0.25) is 0 Å². The van der Waals surface area contributed by atoms with Gasteiger partial charge < -0.3 is 10.0 Å². The molecule has 0 aliphatic carbocycles. The van der Waals surface area contributed by atoms with Gasteiger partial charge in [0.25, 0.3) is 5.91 Å². The average molecular weight is 366 g/mol. The van der Waals surface area contributed by atoms with E-state index < -0.39 is 0 Å². The van der Waals surface area contributed by atoms with E-state index in [1.165, 1.54) is 5.56 Å². The van der Waals surface area contributed by atoms with Gasteiger partial charge in [-0.25, -0.2) is 4.98 Å². The van der Waals surface area contributed by atoms with E-state index in [0.717, 1.165) is 54.6 Å². The van der Waals surface area contributed by atoms with Gasteiger partial charge in [-0.05, 0) is 67.5 Å². The Balaban J connectivity index is 1.31. The number of benzene rings is 2. The molecule has 0 unspecified atom stereocenters. The number of aromatic nitrogens is 1. The van der Waals surface area contributed by atoms with Crippen LogP contribution >= 0.6 is 11.3 Å². The first kappa shape index (κ1) is 17.0. The Morgan fingerprint density at radius 1 is 1.15 bits per heavy atom. The van der Waals surface area contributed by atoms with E-state index >= 15 is 0 Å². The number of hydrogen-bond acceptors (Lipinski definition) is 4. The maximum absolute atomic E-state index is 12.8. The number of rotatable bonds is 4. The first-order valence-electron chi connectivity index (χ1n) is 9.09. The molecule has 5 heteroatoms. The summed E-state index contributed by atoms with van der Waals surface area (Å²) in [5.41, 5.74) is 4.81. The molecule has 0 saturated carbocycles. The van der Waals surface area contributed by atoms with Crippen LogP contribution in [-0.4, -0.2) is 34.0 Å². The van der Waals surface area contributed by atoms with Crippen molar-refractivity contribution in [3.8, 4) is 5.75 Å². The number of phenolic OH excluding ortho intramolecular Hbond substituents is 1. The van der Waals surface area contributed by atoms with Crippen LogP contribution in [0.25, 0.3) is 10.2 Å². The summed E-state index contributed by atoms with van der Waals surface area (Å²) in [5, 5.41) is 9.35. The molecule has 0 radical (unpaired) electrons. The normalized spacial score (nSPS) is 15.5. The molecule has 1 saturated heterocycles. The standard InChI is InChI=1S/C21H22N2O2S/c24-18-6-3-15(4-7-18)1-2-16-9-11-23(12-10-16)21(25)17-5-8-19-20(13-17)26-14-22-19/h3-8,13-14,16,24H,1-2,9-12H2. The highest BCUT2D eigenvalue weighted by Gasteiger charge is 2.23. The smallest absolute Gasteiger partial charge is 0.253 e. The Bertz CT molecular complexity index is 896. The average Bonchev–Trinajstić information content (AvgIpc) is 3.15. The van der Waals surface area contributed by atoms with E-state index in [0.29, 0.717) is 11.7 Å². The van der Waals surface area contributed by atoms with Crippen LogP contribution in [0, 0.1) is 5.92 Å². The van der Waals surface area contributed by atoms with Crippen molar-refractivity contribution in [3.63, 3.8) is 0 Å². The van der Waals surface area contributed by atoms with Crippen molar-refractivity contribution in [2.24, 2.45) is 5.92 Å². The van der Waals surface area contributed by atoms with Gasteiger partial charge in [0.15, 0.2) is 0 Å². The Hall–Kier alpha value is -2.40. The molecular formula is C21H22N2O2S. The number of amides is 1. The number of piperidine rings is 1. The second-order valence-corrected chi connectivity index (χ2v) is 7.86. The number of nitrogens with zero attached hydrogens (tertiary/aromatic N) is 2. The molecule has 1 aliphatic heterocycles. The molecule has 1 N–H and O–H groups in total. The lowest BCUT2D eigenvalue weighted by atomic mass is 9.90. The van der Waals surface area contributed by atoms with Crippen molar-refractivity contribution in [1.29, 1.82) is 0 Å². The molecule has 0 atom stereocenters. The van der Waals surface area contributed by atoms with Crippen LogP contribution in [0.3, 0.4) is 0 Å². The third-order valence-corrected chi connectivity index (χ3v) is 6.05. The highest BCUT2D eigenvalue weighted by molar-refractivity contribution is 7.16. The molecule has 26 heavy (non-hydrogen) atoms. The first-order chi connectivity index (χ1) is 12.7. The van der Waals surface area contributed by atoms with Gasteiger partial charge in [-0.15, -0.1) is 11.3 Å². The molecule has 4 rings (SSSR count). The van der Waals surface area contributed by atoms with Crippen LogP contribution < -0.4 is 0 Å². The predicted octanol–water partition coefficient (Wildman–Crippen LogP) is 4.49. The van der Waals surface area contributed by atoms with Crippen LogP contribution in [0.15, 0.2) is 48.0 Å². The summed E-state index contributed by atoms with van der Waals surface area (Å²) in [6.45, 7) is 1.67. The largest absolute Gasteiger partial charge is 0.508 e. The predicted molar refractivity (Wildman–Crippen MR) is 105 cm³/mol. The maximum atomic E-state index is 12.8. The van der Waals surface area contributed by atoms with Gasteiger partial charge in [0.2, 0.25) is 0 Å². The van der Waals surface area contributed by atoms with Gasteiger partial charge in [0, 0.05) is 18.7 Å². The fraction of sp³-hybridized carbons (Fsp3) is 0.333. The van der Waals surface area contributed by atoms with Crippen molar-refractivity contribution in [1.82, 2.24) is 9.88 Å². The number of fused-ring (bicyclic) bond motifs is 1. The van der Waals surface area contributed by atoms with Crippen molar-refractivity contribution >= 4 is 27.5 Å². The number of carbonyl (C=O) groups excluding carboxylic acids is 1. The number of hydrogen-bond donors (Lipinski definition) is 1. The Morgan fingerprint density at radius 3 is 2.69 bits per heavy atom. The van der Waals surface area contributed by atoms with Crippen LogP contribution in [0.4, 0.5) is 0 Å². The topological polar surface area (TPSA) is 53.4 Å². The summed E-state index contributed by atoms with van der Waals surface area (Å²) in [4.78, 5) is 19.0. The zero-order chi connectivity index (χ0) is 17.9. The molecule has 134 valence electrons. The molecule has 1 aromatic heterocycles. The molecule has 0 spiro atoms. The SMILES string of the molecule is O=C(c1ccc2ncsc2c1)N1CCC(CCc2ccc(O)cc2)CC1. The summed E-state index contributed by atoms with van der Waals surface area (Å²) in [7, 11) is 0. The highest BCUT2D eigenvalue weighted by atomic mass is 32.1. The highest BCUT2D eigenvalue weighted by Crippen LogP contribution is 2.25. The molecule has 3 aromatic rings. The number of aromatic hydroxyl groups is 1. The van der Waals surface area contributed by atoms with E-state index in [4.69, 9.17) is 0 Å². The number of thiazole rings is 1. The zero-order valence-electron chi connectivity index (χ0n) is 14.6. The number of carbonyl (C=O) groups is 1. The maximum Gasteiger partial charge on any atom is 0.253 e. The molecular weight excluding hydrogens is 344 g/mol. The minimum absolute atomic E-state index is 0.136. The summed E-state index contributed by atoms with van der Waals surface area (Å²) >= 11 is 1.57. The number of likely N-dealkylation sites (tertiary alicyclic amines) is 1. The van der Waals surface area contributed by atoms with E-state index in [1.54, 1.807) is 23.5 Å². The van der Waals surface area contributed by atoms with Crippen LogP contribution in [-0.2, 0) is 6.42 Å². The van der Waals surface area contributed by atoms with Crippen LogP contribution in [0.1, 0.15) is 35.2 Å². The van der Waals surface area contributed by atoms with E-state index in [1.807, 2.05) is 40.7 Å². The molecule has 2 heterocycles. The van der Waals surface area contributed by atoms with Crippen molar-refractivity contribution in [3.05, 3.63) is 59.1 Å². The van der Waals surface area contributed by atoms with Gasteiger partial charge in [0.1, 0.15) is 5.75 Å². The second kappa shape index (κ2) is 7.46. The first-order valence-corrected chi connectivity index (χ1v) is 9.97. The van der Waals surface area contributed by atoms with E-state index in [2.05, 4.69) is 4.98 Å². The summed E-state index contributed by atoms with van der Waals surface area (Å²) in [5.74, 6) is 1.12. The fourth-order valence-corrected chi connectivity index (χ4v) is 4.35. The van der Waals surface area contributed by atoms with E-state index in [9.17, 15) is 9.90 Å². The lowest BCUT2D eigenvalue weighted by Gasteiger charge is -2.32. The van der Waals surface area contributed by atoms with Crippen molar-refractivity contribution < 1.29 is 9.90 Å². The quantitative estimate of drug-likeness (QED) is 0.740. The molecule has 1 amide bonds. The third kappa shape index (κ3) is 3.73. The minimum atomic E-state index is 0.136. The number of phenols is 1. The van der Waals surface area contributed by atoms with Gasteiger partial charge in [-0.3, -0.25) is 4.79 Å². The van der Waals surface area contributed by atoms with Gasteiger partial charge >= 0.3 is 0 Å². The molecule has 2 aromatic carbocycles. The van der Waals surface area contributed by atoms with E-state index in [-0.39, 0.29) is 5.91 Å². The van der Waals surface area contributed by atoms with Crippen LogP contribution in [0.5, 0.6) is 5.75 Å².